The highest BCUT2D eigenvalue weighted by Crippen LogP contribution is 2.36. The zero-order chi connectivity index (χ0) is 17.3. The predicted octanol–water partition coefficient (Wildman–Crippen LogP) is 3.16. The van der Waals surface area contributed by atoms with Gasteiger partial charge in [0.2, 0.25) is 0 Å². The van der Waals surface area contributed by atoms with E-state index in [4.69, 9.17) is 4.74 Å². The van der Waals surface area contributed by atoms with Gasteiger partial charge in [-0.3, -0.25) is 0 Å². The number of nitrogens with zero attached hydrogens (tertiary/aromatic N) is 1. The minimum atomic E-state index is -1.03. The highest BCUT2D eigenvalue weighted by molar-refractivity contribution is 9.10. The number of carbonyl (C=O) groups is 1. The van der Waals surface area contributed by atoms with Crippen LogP contribution in [0.5, 0.6) is 0 Å². The van der Waals surface area contributed by atoms with E-state index in [2.05, 4.69) is 15.9 Å². The lowest BCUT2D eigenvalue weighted by atomic mass is 9.82. The molecular formula is C17H24BrNO4. The molecule has 5 nitrogen and oxygen atoms in total. The van der Waals surface area contributed by atoms with Gasteiger partial charge in [-0.25, -0.2) is 4.79 Å². The SMILES string of the molecule is CC(C)(C)OC(=O)N1CCC(O)(c2ccc(Br)cc2CO)CC1. The Balaban J connectivity index is 2.09. The number of aliphatic hydroxyl groups excluding tert-OH is 1. The first kappa shape index (κ1) is 18.2. The van der Waals surface area contributed by atoms with Crippen LogP contribution in [0.4, 0.5) is 4.79 Å². The first-order valence-electron chi connectivity index (χ1n) is 7.75. The summed E-state index contributed by atoms with van der Waals surface area (Å²) in [5, 5.41) is 20.5. The molecule has 0 aromatic heterocycles. The van der Waals surface area contributed by atoms with E-state index in [1.54, 1.807) is 4.90 Å². The molecule has 1 aliphatic rings. The molecule has 0 saturated carbocycles. The molecule has 1 aromatic rings. The van der Waals surface area contributed by atoms with Gasteiger partial charge in [-0.15, -0.1) is 0 Å². The normalized spacial score (nSPS) is 17.9. The van der Waals surface area contributed by atoms with Crippen LogP contribution in [-0.2, 0) is 16.9 Å². The number of benzene rings is 1. The van der Waals surface area contributed by atoms with Crippen LogP contribution in [0.1, 0.15) is 44.7 Å². The van der Waals surface area contributed by atoms with E-state index in [0.29, 0.717) is 31.5 Å². The quantitative estimate of drug-likeness (QED) is 0.819. The molecule has 2 N–H and O–H groups in total. The van der Waals surface area contributed by atoms with Gasteiger partial charge in [-0.05, 0) is 56.9 Å². The summed E-state index contributed by atoms with van der Waals surface area (Å²) in [4.78, 5) is 13.7. The zero-order valence-electron chi connectivity index (χ0n) is 13.8. The van der Waals surface area contributed by atoms with Crippen LogP contribution in [0.15, 0.2) is 22.7 Å². The van der Waals surface area contributed by atoms with E-state index in [1.807, 2.05) is 39.0 Å². The Kier molecular flexibility index (Phi) is 5.38. The van der Waals surface area contributed by atoms with Crippen molar-refractivity contribution in [3.63, 3.8) is 0 Å². The molecule has 1 fully saturated rings. The minimum Gasteiger partial charge on any atom is -0.444 e. The van der Waals surface area contributed by atoms with E-state index in [9.17, 15) is 15.0 Å². The Labute approximate surface area is 145 Å². The van der Waals surface area contributed by atoms with Gasteiger partial charge in [0, 0.05) is 17.6 Å². The fourth-order valence-electron chi connectivity index (χ4n) is 2.80. The van der Waals surface area contributed by atoms with Gasteiger partial charge >= 0.3 is 6.09 Å². The Morgan fingerprint density at radius 3 is 2.48 bits per heavy atom. The Morgan fingerprint density at radius 2 is 1.96 bits per heavy atom. The summed E-state index contributed by atoms with van der Waals surface area (Å²) < 4.78 is 6.23. The molecule has 0 bridgehead atoms. The van der Waals surface area contributed by atoms with Gasteiger partial charge in [0.25, 0.3) is 0 Å². The number of piperidine rings is 1. The van der Waals surface area contributed by atoms with Crippen molar-refractivity contribution in [2.45, 2.75) is 51.4 Å². The van der Waals surface area contributed by atoms with Gasteiger partial charge in [0.15, 0.2) is 0 Å². The van der Waals surface area contributed by atoms with Gasteiger partial charge < -0.3 is 19.8 Å². The molecule has 1 heterocycles. The van der Waals surface area contributed by atoms with E-state index in [-0.39, 0.29) is 12.7 Å². The van der Waals surface area contributed by atoms with Crippen molar-refractivity contribution in [2.75, 3.05) is 13.1 Å². The highest BCUT2D eigenvalue weighted by Gasteiger charge is 2.37. The molecule has 0 atom stereocenters. The number of likely N-dealkylation sites (tertiary alicyclic amines) is 1. The van der Waals surface area contributed by atoms with Gasteiger partial charge in [-0.2, -0.15) is 0 Å². The second kappa shape index (κ2) is 6.79. The molecule has 0 radical (unpaired) electrons. The van der Waals surface area contributed by atoms with E-state index in [0.717, 1.165) is 10.0 Å². The van der Waals surface area contributed by atoms with E-state index >= 15 is 0 Å². The summed E-state index contributed by atoms with van der Waals surface area (Å²) in [5.41, 5.74) is -0.127. The third-order valence-corrected chi connectivity index (χ3v) is 4.47. The second-order valence-electron chi connectivity index (χ2n) is 6.96. The third-order valence-electron chi connectivity index (χ3n) is 3.98. The van der Waals surface area contributed by atoms with Crippen molar-refractivity contribution in [3.05, 3.63) is 33.8 Å². The summed E-state index contributed by atoms with van der Waals surface area (Å²) in [5.74, 6) is 0. The maximum atomic E-state index is 12.1. The van der Waals surface area contributed by atoms with Crippen molar-refractivity contribution < 1.29 is 19.7 Å². The van der Waals surface area contributed by atoms with Gasteiger partial charge in [0.1, 0.15) is 5.60 Å². The summed E-state index contributed by atoms with van der Waals surface area (Å²) in [6.07, 6.45) is 0.486. The number of rotatable bonds is 2. The monoisotopic (exact) mass is 385 g/mol. The zero-order valence-corrected chi connectivity index (χ0v) is 15.4. The van der Waals surface area contributed by atoms with Crippen molar-refractivity contribution >= 4 is 22.0 Å². The first-order chi connectivity index (χ1) is 10.6. The summed E-state index contributed by atoms with van der Waals surface area (Å²) in [7, 11) is 0. The highest BCUT2D eigenvalue weighted by atomic mass is 79.9. The van der Waals surface area contributed by atoms with E-state index < -0.39 is 11.2 Å². The number of carbonyl (C=O) groups excluding carboxylic acids is 1. The third kappa shape index (κ3) is 4.46. The molecule has 1 aliphatic heterocycles. The molecule has 23 heavy (non-hydrogen) atoms. The second-order valence-corrected chi connectivity index (χ2v) is 7.87. The molecule has 0 unspecified atom stereocenters. The fraction of sp³-hybridized carbons (Fsp3) is 0.588. The lowest BCUT2D eigenvalue weighted by Crippen LogP contribution is -2.47. The number of hydrogen-bond acceptors (Lipinski definition) is 4. The average Bonchev–Trinajstić information content (AvgIpc) is 2.45. The molecule has 0 spiro atoms. The summed E-state index contributed by atoms with van der Waals surface area (Å²) in [6, 6.07) is 5.50. The smallest absolute Gasteiger partial charge is 0.410 e. The molecular weight excluding hydrogens is 362 g/mol. The molecule has 6 heteroatoms. The van der Waals surface area contributed by atoms with Gasteiger partial charge in [0.05, 0.1) is 12.2 Å². The van der Waals surface area contributed by atoms with Crippen molar-refractivity contribution in [1.82, 2.24) is 4.90 Å². The molecule has 2 rings (SSSR count). The van der Waals surface area contributed by atoms with Crippen molar-refractivity contribution in [2.24, 2.45) is 0 Å². The number of hydrogen-bond donors (Lipinski definition) is 2. The number of amides is 1. The first-order valence-corrected chi connectivity index (χ1v) is 8.54. The fourth-order valence-corrected chi connectivity index (χ4v) is 3.21. The maximum Gasteiger partial charge on any atom is 0.410 e. The average molecular weight is 386 g/mol. The van der Waals surface area contributed by atoms with Crippen LogP contribution in [0.2, 0.25) is 0 Å². The minimum absolute atomic E-state index is 0.132. The van der Waals surface area contributed by atoms with Gasteiger partial charge in [-0.1, -0.05) is 22.0 Å². The molecule has 0 aliphatic carbocycles. The Hall–Kier alpha value is -1.11. The standard InChI is InChI=1S/C17H24BrNO4/c1-16(2,3)23-15(21)19-8-6-17(22,7-9-19)14-5-4-13(18)10-12(14)11-20/h4-5,10,20,22H,6-9,11H2,1-3H3. The van der Waals surface area contributed by atoms with E-state index in [1.165, 1.54) is 0 Å². The molecule has 1 amide bonds. The molecule has 128 valence electrons. The van der Waals surface area contributed by atoms with Crippen LogP contribution < -0.4 is 0 Å². The molecule has 1 aromatic carbocycles. The Bertz CT molecular complexity index is 574. The van der Waals surface area contributed by atoms with Crippen LogP contribution >= 0.6 is 15.9 Å². The number of ether oxygens (including phenoxy) is 1. The lowest BCUT2D eigenvalue weighted by Gasteiger charge is -2.39. The summed E-state index contributed by atoms with van der Waals surface area (Å²) >= 11 is 3.37. The predicted molar refractivity (Wildman–Crippen MR) is 91.0 cm³/mol. The number of aliphatic hydroxyl groups is 2. The number of halogens is 1. The lowest BCUT2D eigenvalue weighted by molar-refractivity contribution is -0.0366. The van der Waals surface area contributed by atoms with Crippen molar-refractivity contribution in [3.8, 4) is 0 Å². The largest absolute Gasteiger partial charge is 0.444 e. The van der Waals surface area contributed by atoms with Crippen LogP contribution in [0.25, 0.3) is 0 Å². The topological polar surface area (TPSA) is 70.0 Å². The van der Waals surface area contributed by atoms with Crippen molar-refractivity contribution in [1.29, 1.82) is 0 Å². The van der Waals surface area contributed by atoms with Crippen LogP contribution in [0.3, 0.4) is 0 Å². The molecule has 1 saturated heterocycles. The Morgan fingerprint density at radius 1 is 1.35 bits per heavy atom. The van der Waals surface area contributed by atoms with Crippen LogP contribution in [-0.4, -0.2) is 39.9 Å². The summed E-state index contributed by atoms with van der Waals surface area (Å²) in [6.45, 7) is 6.22. The van der Waals surface area contributed by atoms with Crippen LogP contribution in [0, 0.1) is 0 Å². The maximum absolute atomic E-state index is 12.1.